The van der Waals surface area contributed by atoms with E-state index in [0.29, 0.717) is 5.92 Å². The molecule has 0 bridgehead atoms. The van der Waals surface area contributed by atoms with Gasteiger partial charge in [-0.1, -0.05) is 6.92 Å². The van der Waals surface area contributed by atoms with Crippen LogP contribution in [0.1, 0.15) is 19.8 Å². The Morgan fingerprint density at radius 1 is 1.53 bits per heavy atom. The molecule has 88 valence electrons. The second-order valence-corrected chi connectivity index (χ2v) is 4.89. The van der Waals surface area contributed by atoms with Crippen molar-refractivity contribution in [2.75, 3.05) is 27.2 Å². The Bertz CT molecular complexity index is 219. The minimum Gasteiger partial charge on any atom is -0.481 e. The van der Waals surface area contributed by atoms with Gasteiger partial charge >= 0.3 is 5.97 Å². The van der Waals surface area contributed by atoms with E-state index in [4.69, 9.17) is 5.11 Å². The third kappa shape index (κ3) is 3.80. The van der Waals surface area contributed by atoms with Crippen LogP contribution in [0.5, 0.6) is 0 Å². The number of hydrogen-bond acceptors (Lipinski definition) is 3. The van der Waals surface area contributed by atoms with Crippen molar-refractivity contribution in [3.63, 3.8) is 0 Å². The lowest BCUT2D eigenvalue weighted by atomic mass is 9.84. The van der Waals surface area contributed by atoms with E-state index in [2.05, 4.69) is 17.1 Å². The summed E-state index contributed by atoms with van der Waals surface area (Å²) in [4.78, 5) is 13.2. The molecule has 0 aliphatic carbocycles. The highest BCUT2D eigenvalue weighted by Crippen LogP contribution is 2.23. The first-order valence-electron chi connectivity index (χ1n) is 5.61. The van der Waals surface area contributed by atoms with Crippen molar-refractivity contribution >= 4 is 5.97 Å². The topological polar surface area (TPSA) is 52.6 Å². The molecule has 4 nitrogen and oxygen atoms in total. The molecule has 0 amide bonds. The average molecular weight is 214 g/mol. The number of carboxylic acids is 1. The minimum absolute atomic E-state index is 0.140. The largest absolute Gasteiger partial charge is 0.481 e. The molecule has 0 spiro atoms. The molecule has 3 unspecified atom stereocenters. The molecule has 1 saturated heterocycles. The van der Waals surface area contributed by atoms with Crippen LogP contribution in [0, 0.1) is 11.8 Å². The van der Waals surface area contributed by atoms with Gasteiger partial charge in [0.1, 0.15) is 0 Å². The molecule has 1 rings (SSSR count). The van der Waals surface area contributed by atoms with E-state index in [1.807, 2.05) is 14.1 Å². The standard InChI is InChI=1S/C11H22N2O2/c1-8-6-9(11(14)15)10(12-7-8)4-5-13(2)3/h8-10,12H,4-7H2,1-3H3,(H,14,15). The molecule has 1 aliphatic rings. The summed E-state index contributed by atoms with van der Waals surface area (Å²) in [5.74, 6) is -0.395. The average Bonchev–Trinajstić information content (AvgIpc) is 2.15. The lowest BCUT2D eigenvalue weighted by molar-refractivity contribution is -0.144. The molecule has 15 heavy (non-hydrogen) atoms. The van der Waals surface area contributed by atoms with Crippen molar-refractivity contribution < 1.29 is 9.90 Å². The van der Waals surface area contributed by atoms with Crippen molar-refractivity contribution in [2.45, 2.75) is 25.8 Å². The van der Waals surface area contributed by atoms with Crippen LogP contribution >= 0.6 is 0 Å². The van der Waals surface area contributed by atoms with Gasteiger partial charge in [0.2, 0.25) is 0 Å². The van der Waals surface area contributed by atoms with E-state index in [9.17, 15) is 4.79 Å². The van der Waals surface area contributed by atoms with Gasteiger partial charge in [0, 0.05) is 6.04 Å². The zero-order chi connectivity index (χ0) is 11.4. The summed E-state index contributed by atoms with van der Waals surface area (Å²) in [7, 11) is 4.03. The number of carboxylic acid groups (broad SMARTS) is 1. The fourth-order valence-electron chi connectivity index (χ4n) is 2.15. The van der Waals surface area contributed by atoms with Gasteiger partial charge in [-0.15, -0.1) is 0 Å². The molecular weight excluding hydrogens is 192 g/mol. The quantitative estimate of drug-likeness (QED) is 0.721. The maximum absolute atomic E-state index is 11.1. The molecule has 1 heterocycles. The fourth-order valence-corrected chi connectivity index (χ4v) is 2.15. The lowest BCUT2D eigenvalue weighted by Crippen LogP contribution is -2.48. The summed E-state index contributed by atoms with van der Waals surface area (Å²) in [6, 6.07) is 0.140. The second-order valence-electron chi connectivity index (χ2n) is 4.89. The fraction of sp³-hybridized carbons (Fsp3) is 0.909. The number of rotatable bonds is 4. The van der Waals surface area contributed by atoms with Crippen LogP contribution in [0.3, 0.4) is 0 Å². The smallest absolute Gasteiger partial charge is 0.308 e. The van der Waals surface area contributed by atoms with Gasteiger partial charge in [0.15, 0.2) is 0 Å². The Morgan fingerprint density at radius 2 is 2.20 bits per heavy atom. The number of piperidine rings is 1. The van der Waals surface area contributed by atoms with Gasteiger partial charge in [-0.25, -0.2) is 0 Å². The third-order valence-electron chi connectivity index (χ3n) is 3.08. The van der Waals surface area contributed by atoms with Crippen molar-refractivity contribution in [3.05, 3.63) is 0 Å². The Morgan fingerprint density at radius 3 is 2.73 bits per heavy atom. The summed E-state index contributed by atoms with van der Waals surface area (Å²) < 4.78 is 0. The van der Waals surface area contributed by atoms with Crippen LogP contribution < -0.4 is 5.32 Å². The van der Waals surface area contributed by atoms with Crippen molar-refractivity contribution in [2.24, 2.45) is 11.8 Å². The van der Waals surface area contributed by atoms with Gasteiger partial charge in [0.25, 0.3) is 0 Å². The number of nitrogens with one attached hydrogen (secondary N) is 1. The maximum Gasteiger partial charge on any atom is 0.308 e. The molecular formula is C11H22N2O2. The molecule has 0 saturated carbocycles. The summed E-state index contributed by atoms with van der Waals surface area (Å²) in [5.41, 5.74) is 0. The molecule has 0 aromatic rings. The van der Waals surface area contributed by atoms with Crippen LogP contribution in [-0.2, 0) is 4.79 Å². The highest BCUT2D eigenvalue weighted by Gasteiger charge is 2.32. The zero-order valence-corrected chi connectivity index (χ0v) is 9.86. The highest BCUT2D eigenvalue weighted by atomic mass is 16.4. The maximum atomic E-state index is 11.1. The van der Waals surface area contributed by atoms with Crippen molar-refractivity contribution in [3.8, 4) is 0 Å². The first-order chi connectivity index (χ1) is 7.00. The normalized spacial score (nSPS) is 31.9. The molecule has 0 aromatic heterocycles. The molecule has 0 aromatic carbocycles. The van der Waals surface area contributed by atoms with E-state index in [1.165, 1.54) is 0 Å². The highest BCUT2D eigenvalue weighted by molar-refractivity contribution is 5.71. The van der Waals surface area contributed by atoms with E-state index < -0.39 is 5.97 Å². The second kappa shape index (κ2) is 5.47. The van der Waals surface area contributed by atoms with Gasteiger partial charge in [0.05, 0.1) is 5.92 Å². The SMILES string of the molecule is CC1CNC(CCN(C)C)C(C(=O)O)C1. The summed E-state index contributed by atoms with van der Waals surface area (Å²) in [5, 5.41) is 12.5. The molecule has 2 N–H and O–H groups in total. The van der Waals surface area contributed by atoms with Gasteiger partial charge in [-0.2, -0.15) is 0 Å². The van der Waals surface area contributed by atoms with Crippen molar-refractivity contribution in [1.82, 2.24) is 10.2 Å². The molecule has 3 atom stereocenters. The predicted molar refractivity (Wildman–Crippen MR) is 59.9 cm³/mol. The Labute approximate surface area is 91.6 Å². The van der Waals surface area contributed by atoms with E-state index >= 15 is 0 Å². The van der Waals surface area contributed by atoms with Gasteiger partial charge in [-0.3, -0.25) is 4.79 Å². The molecule has 1 fully saturated rings. The lowest BCUT2D eigenvalue weighted by Gasteiger charge is -2.34. The number of hydrogen-bond donors (Lipinski definition) is 2. The van der Waals surface area contributed by atoms with E-state index in [1.54, 1.807) is 0 Å². The number of carbonyl (C=O) groups is 1. The first kappa shape index (κ1) is 12.5. The Hall–Kier alpha value is -0.610. The predicted octanol–water partition coefficient (Wildman–Crippen LogP) is 0.637. The van der Waals surface area contributed by atoms with Crippen LogP contribution in [-0.4, -0.2) is 49.2 Å². The summed E-state index contributed by atoms with van der Waals surface area (Å²) >= 11 is 0. The third-order valence-corrected chi connectivity index (χ3v) is 3.08. The first-order valence-corrected chi connectivity index (χ1v) is 5.61. The molecule has 1 aliphatic heterocycles. The van der Waals surface area contributed by atoms with Crippen LogP contribution in [0.2, 0.25) is 0 Å². The monoisotopic (exact) mass is 214 g/mol. The number of nitrogens with zero attached hydrogens (tertiary/aromatic N) is 1. The summed E-state index contributed by atoms with van der Waals surface area (Å²) in [6.45, 7) is 3.99. The Balaban J connectivity index is 2.49. The van der Waals surface area contributed by atoms with Crippen molar-refractivity contribution in [1.29, 1.82) is 0 Å². The minimum atomic E-state index is -0.655. The number of aliphatic carboxylic acids is 1. The molecule has 4 heteroatoms. The van der Waals surface area contributed by atoms with Crippen LogP contribution in [0.25, 0.3) is 0 Å². The van der Waals surface area contributed by atoms with E-state index in [0.717, 1.165) is 25.9 Å². The van der Waals surface area contributed by atoms with Crippen LogP contribution in [0.4, 0.5) is 0 Å². The molecule has 0 radical (unpaired) electrons. The van der Waals surface area contributed by atoms with Gasteiger partial charge in [-0.05, 0) is 45.9 Å². The zero-order valence-electron chi connectivity index (χ0n) is 9.86. The Kier molecular flexibility index (Phi) is 4.54. The van der Waals surface area contributed by atoms with Gasteiger partial charge < -0.3 is 15.3 Å². The van der Waals surface area contributed by atoms with E-state index in [-0.39, 0.29) is 12.0 Å². The summed E-state index contributed by atoms with van der Waals surface area (Å²) in [6.07, 6.45) is 1.72. The van der Waals surface area contributed by atoms with Crippen LogP contribution in [0.15, 0.2) is 0 Å².